The Morgan fingerprint density at radius 1 is 0.842 bits per heavy atom. The molecule has 0 spiro atoms. The molecule has 0 amide bonds. The van der Waals surface area contributed by atoms with Gasteiger partial charge in [0.25, 0.3) is 0 Å². The molecular formula is C30H31N5O3. The predicted molar refractivity (Wildman–Crippen MR) is 146 cm³/mol. The van der Waals surface area contributed by atoms with Gasteiger partial charge < -0.3 is 24.5 Å². The van der Waals surface area contributed by atoms with Gasteiger partial charge in [-0.3, -0.25) is 0 Å². The maximum absolute atomic E-state index is 6.17. The van der Waals surface area contributed by atoms with Crippen molar-refractivity contribution in [1.82, 2.24) is 19.5 Å². The second-order valence-electron chi connectivity index (χ2n) is 9.17. The van der Waals surface area contributed by atoms with E-state index < -0.39 is 0 Å². The number of nitrogen functional groups attached to an aromatic ring is 1. The van der Waals surface area contributed by atoms with Crippen molar-refractivity contribution in [2.24, 2.45) is 0 Å². The van der Waals surface area contributed by atoms with Crippen molar-refractivity contribution in [2.45, 2.75) is 32.6 Å². The zero-order valence-electron chi connectivity index (χ0n) is 21.6. The molecule has 1 atom stereocenters. The first-order valence-corrected chi connectivity index (χ1v) is 12.5. The molecule has 5 rings (SSSR count). The van der Waals surface area contributed by atoms with Crippen LogP contribution in [0.1, 0.15) is 35.4 Å². The molecule has 2 heterocycles. The van der Waals surface area contributed by atoms with Gasteiger partial charge in [-0.2, -0.15) is 0 Å². The van der Waals surface area contributed by atoms with Gasteiger partial charge in [0.1, 0.15) is 12.4 Å². The van der Waals surface area contributed by atoms with Crippen molar-refractivity contribution >= 4 is 5.82 Å². The summed E-state index contributed by atoms with van der Waals surface area (Å²) in [5.41, 5.74) is 9.98. The number of hydrogen-bond acceptors (Lipinski definition) is 7. The molecule has 2 aliphatic heterocycles. The van der Waals surface area contributed by atoms with Gasteiger partial charge in [-0.25, -0.2) is 15.0 Å². The lowest BCUT2D eigenvalue weighted by Gasteiger charge is -2.15. The van der Waals surface area contributed by atoms with Crippen LogP contribution in [-0.2, 0) is 24.5 Å². The van der Waals surface area contributed by atoms with Gasteiger partial charge >= 0.3 is 0 Å². The lowest BCUT2D eigenvalue weighted by molar-refractivity contribution is 0.109. The number of hydrogen-bond donors (Lipinski definition) is 1. The van der Waals surface area contributed by atoms with Crippen LogP contribution in [0.15, 0.2) is 85.2 Å². The largest absolute Gasteiger partial charge is 0.493 e. The first-order valence-electron chi connectivity index (χ1n) is 12.5. The smallest absolute Gasteiger partial charge is 0.166 e. The number of aromatic nitrogens is 4. The first-order chi connectivity index (χ1) is 18.6. The number of nitrogens with two attached hydrogens (primary N) is 1. The minimum Gasteiger partial charge on any atom is -0.493 e. The molecule has 0 saturated carbocycles. The van der Waals surface area contributed by atoms with Crippen LogP contribution in [0.25, 0.3) is 11.5 Å². The molecule has 2 N–H and O–H groups in total. The Labute approximate surface area is 222 Å². The van der Waals surface area contributed by atoms with Gasteiger partial charge in [-0.05, 0) is 28.8 Å². The zero-order valence-corrected chi connectivity index (χ0v) is 21.6. The van der Waals surface area contributed by atoms with Gasteiger partial charge in [0.05, 0.1) is 33.2 Å². The molecule has 1 unspecified atom stereocenters. The molecule has 0 aromatic heterocycles. The fourth-order valence-electron chi connectivity index (χ4n) is 4.17. The molecule has 194 valence electrons. The number of ether oxygens (including phenoxy) is 3. The fraction of sp³-hybridized carbons (Fsp3) is 0.233. The van der Waals surface area contributed by atoms with E-state index in [1.165, 1.54) is 0 Å². The number of fused-ring (bicyclic) bond motifs is 1. The van der Waals surface area contributed by atoms with Crippen LogP contribution >= 0.6 is 0 Å². The molecule has 38 heavy (non-hydrogen) atoms. The SMILES string of the molecule is COc1ccc(Cn2cnc(N)c3nc(C(C)COCc4ccccc4)nc2-3)cc1OCc1ccccc1. The third-order valence-corrected chi connectivity index (χ3v) is 6.25. The van der Waals surface area contributed by atoms with E-state index in [1.54, 1.807) is 13.4 Å². The van der Waals surface area contributed by atoms with E-state index in [9.17, 15) is 0 Å². The predicted octanol–water partition coefficient (Wildman–Crippen LogP) is 5.32. The Kier molecular flexibility index (Phi) is 7.80. The average molecular weight is 510 g/mol. The average Bonchev–Trinajstić information content (AvgIpc) is 3.42. The summed E-state index contributed by atoms with van der Waals surface area (Å²) in [6.45, 7) is 4.06. The Morgan fingerprint density at radius 3 is 2.26 bits per heavy atom. The van der Waals surface area contributed by atoms with E-state index in [0.29, 0.717) is 61.0 Å². The molecule has 0 bridgehead atoms. The highest BCUT2D eigenvalue weighted by Gasteiger charge is 2.22. The van der Waals surface area contributed by atoms with Crippen molar-refractivity contribution in [3.63, 3.8) is 0 Å². The summed E-state index contributed by atoms with van der Waals surface area (Å²) in [4.78, 5) is 13.9. The molecule has 0 radical (unpaired) electrons. The van der Waals surface area contributed by atoms with Crippen molar-refractivity contribution in [2.75, 3.05) is 19.5 Å². The highest BCUT2D eigenvalue weighted by molar-refractivity contribution is 5.65. The molecule has 0 saturated heterocycles. The Morgan fingerprint density at radius 2 is 1.55 bits per heavy atom. The van der Waals surface area contributed by atoms with Gasteiger partial charge in [0, 0.05) is 5.92 Å². The molecule has 8 heteroatoms. The summed E-state index contributed by atoms with van der Waals surface area (Å²) in [5.74, 6) is 3.07. The minimum absolute atomic E-state index is 0.00191. The van der Waals surface area contributed by atoms with Gasteiger partial charge in [-0.15, -0.1) is 0 Å². The maximum atomic E-state index is 6.17. The number of rotatable bonds is 11. The Balaban J connectivity index is 1.32. The summed E-state index contributed by atoms with van der Waals surface area (Å²) >= 11 is 0. The third kappa shape index (κ3) is 5.92. The molecule has 3 aromatic carbocycles. The zero-order chi connectivity index (χ0) is 26.3. The van der Waals surface area contributed by atoms with Crippen molar-refractivity contribution in [1.29, 1.82) is 0 Å². The number of imidazole rings is 1. The summed E-state index contributed by atoms with van der Waals surface area (Å²) < 4.78 is 19.5. The molecule has 2 aliphatic rings. The quantitative estimate of drug-likeness (QED) is 0.257. The highest BCUT2D eigenvalue weighted by atomic mass is 16.5. The second kappa shape index (κ2) is 11.7. The van der Waals surface area contributed by atoms with E-state index in [1.807, 2.05) is 90.4 Å². The van der Waals surface area contributed by atoms with Crippen LogP contribution in [0.2, 0.25) is 0 Å². The lowest BCUT2D eigenvalue weighted by Crippen LogP contribution is -2.09. The second-order valence-corrected chi connectivity index (χ2v) is 9.17. The summed E-state index contributed by atoms with van der Waals surface area (Å²) in [6, 6.07) is 26.0. The summed E-state index contributed by atoms with van der Waals surface area (Å²) in [6.07, 6.45) is 1.70. The Bertz CT molecular complexity index is 1440. The van der Waals surface area contributed by atoms with E-state index in [0.717, 1.165) is 16.7 Å². The van der Waals surface area contributed by atoms with E-state index in [2.05, 4.69) is 4.98 Å². The van der Waals surface area contributed by atoms with Gasteiger partial charge in [-0.1, -0.05) is 73.7 Å². The summed E-state index contributed by atoms with van der Waals surface area (Å²) in [5, 5.41) is 0. The van der Waals surface area contributed by atoms with Crippen LogP contribution in [0, 0.1) is 0 Å². The molecular weight excluding hydrogens is 478 g/mol. The van der Waals surface area contributed by atoms with Crippen molar-refractivity contribution in [3.05, 3.63) is 108 Å². The van der Waals surface area contributed by atoms with E-state index in [-0.39, 0.29) is 5.92 Å². The van der Waals surface area contributed by atoms with Crippen LogP contribution in [0.3, 0.4) is 0 Å². The normalized spacial score (nSPS) is 11.9. The summed E-state index contributed by atoms with van der Waals surface area (Å²) in [7, 11) is 1.64. The van der Waals surface area contributed by atoms with Crippen molar-refractivity contribution < 1.29 is 14.2 Å². The van der Waals surface area contributed by atoms with Gasteiger partial charge in [0.15, 0.2) is 28.8 Å². The lowest BCUT2D eigenvalue weighted by atomic mass is 10.2. The first kappa shape index (κ1) is 25.2. The number of nitrogens with zero attached hydrogens (tertiary/aromatic N) is 4. The van der Waals surface area contributed by atoms with Crippen LogP contribution < -0.4 is 15.2 Å². The highest BCUT2D eigenvalue weighted by Crippen LogP contribution is 2.31. The number of benzene rings is 3. The van der Waals surface area contributed by atoms with Gasteiger partial charge in [0.2, 0.25) is 0 Å². The molecule has 8 nitrogen and oxygen atoms in total. The fourth-order valence-corrected chi connectivity index (χ4v) is 4.17. The molecule has 0 aliphatic carbocycles. The van der Waals surface area contributed by atoms with E-state index >= 15 is 0 Å². The topological polar surface area (TPSA) is 97.3 Å². The van der Waals surface area contributed by atoms with Crippen molar-refractivity contribution in [3.8, 4) is 23.0 Å². The van der Waals surface area contributed by atoms with Crippen LogP contribution in [0.5, 0.6) is 11.5 Å². The third-order valence-electron chi connectivity index (χ3n) is 6.25. The van der Waals surface area contributed by atoms with Crippen LogP contribution in [-0.4, -0.2) is 33.2 Å². The monoisotopic (exact) mass is 509 g/mol. The molecule has 3 aromatic rings. The number of methoxy groups -OCH3 is 1. The van der Waals surface area contributed by atoms with E-state index in [4.69, 9.17) is 29.9 Å². The standard InChI is InChI=1S/C30H31N5O3/c1-21(17-37-18-22-9-5-3-6-10-22)29-33-27-28(31)32-20-35(30(27)34-29)16-24-13-14-25(36-2)26(15-24)38-19-23-11-7-4-8-12-23/h3-15,20-21H,16-19,31H2,1-2H3. The van der Waals surface area contributed by atoms with Crippen LogP contribution in [0.4, 0.5) is 5.82 Å². The Hall–Kier alpha value is -4.43. The molecule has 0 fully saturated rings. The maximum Gasteiger partial charge on any atom is 0.166 e. The minimum atomic E-state index is -0.00191. The number of anilines is 1.